The molecule has 0 aliphatic heterocycles. The average molecular weight is 266 g/mol. The quantitative estimate of drug-likeness (QED) is 0.860. The van der Waals surface area contributed by atoms with Gasteiger partial charge in [0.15, 0.2) is 0 Å². The van der Waals surface area contributed by atoms with Gasteiger partial charge in [0.1, 0.15) is 0 Å². The van der Waals surface area contributed by atoms with Crippen LogP contribution in [0.1, 0.15) is 25.8 Å². The maximum Gasteiger partial charge on any atom is 0.221 e. The number of hydrogen-bond acceptors (Lipinski definition) is 3. The van der Waals surface area contributed by atoms with Crippen molar-refractivity contribution >= 4 is 23.2 Å². The molecular weight excluding hydrogens is 250 g/mol. The third-order valence-corrected chi connectivity index (χ3v) is 2.53. The first-order chi connectivity index (χ1) is 8.52. The molecule has 0 saturated heterocycles. The van der Waals surface area contributed by atoms with Gasteiger partial charge in [-0.1, -0.05) is 11.6 Å². The molecule has 2 N–H and O–H groups in total. The van der Waals surface area contributed by atoms with Crippen LogP contribution in [0.5, 0.6) is 0 Å². The van der Waals surface area contributed by atoms with Gasteiger partial charge < -0.3 is 10.6 Å². The number of carbonyl (C=O) groups excluding carboxylic acids is 1. The van der Waals surface area contributed by atoms with Crippen LogP contribution in [0, 0.1) is 11.3 Å². The Kier molecular flexibility index (Phi) is 5.47. The number of nitrogens with zero attached hydrogens (tertiary/aromatic N) is 1. The smallest absolute Gasteiger partial charge is 0.221 e. The third kappa shape index (κ3) is 4.64. The molecular formula is C13H16ClN3O. The van der Waals surface area contributed by atoms with Crippen LogP contribution in [0.2, 0.25) is 5.02 Å². The molecule has 0 atom stereocenters. The highest BCUT2D eigenvalue weighted by Gasteiger charge is 2.04. The van der Waals surface area contributed by atoms with Crippen molar-refractivity contribution in [2.24, 2.45) is 0 Å². The zero-order valence-corrected chi connectivity index (χ0v) is 11.2. The van der Waals surface area contributed by atoms with Crippen LogP contribution in [0.3, 0.4) is 0 Å². The second-order valence-corrected chi connectivity index (χ2v) is 4.61. The molecule has 1 rings (SSSR count). The zero-order valence-electron chi connectivity index (χ0n) is 10.5. The number of hydrogen-bond donors (Lipinski definition) is 2. The van der Waals surface area contributed by atoms with Crippen molar-refractivity contribution in [3.63, 3.8) is 0 Å². The van der Waals surface area contributed by atoms with Crippen LogP contribution in [0.25, 0.3) is 0 Å². The fourth-order valence-electron chi connectivity index (χ4n) is 1.43. The van der Waals surface area contributed by atoms with Gasteiger partial charge in [-0.15, -0.1) is 0 Å². The van der Waals surface area contributed by atoms with E-state index < -0.39 is 0 Å². The Hall–Kier alpha value is -1.73. The van der Waals surface area contributed by atoms with E-state index in [4.69, 9.17) is 16.9 Å². The fraction of sp³-hybridized carbons (Fsp3) is 0.385. The van der Waals surface area contributed by atoms with Gasteiger partial charge in [-0.2, -0.15) is 5.26 Å². The van der Waals surface area contributed by atoms with Crippen LogP contribution in [-0.2, 0) is 4.79 Å². The first-order valence-electron chi connectivity index (χ1n) is 5.76. The molecule has 5 heteroatoms. The number of anilines is 1. The van der Waals surface area contributed by atoms with E-state index in [1.807, 2.05) is 19.9 Å². The van der Waals surface area contributed by atoms with E-state index >= 15 is 0 Å². The van der Waals surface area contributed by atoms with Gasteiger partial charge in [0, 0.05) is 19.0 Å². The Morgan fingerprint density at radius 2 is 2.22 bits per heavy atom. The minimum absolute atomic E-state index is 0.00210. The van der Waals surface area contributed by atoms with Crippen molar-refractivity contribution in [1.29, 1.82) is 5.26 Å². The lowest BCUT2D eigenvalue weighted by Gasteiger charge is -2.10. The Morgan fingerprint density at radius 3 is 2.78 bits per heavy atom. The predicted molar refractivity (Wildman–Crippen MR) is 72.6 cm³/mol. The first-order valence-corrected chi connectivity index (χ1v) is 6.13. The standard InChI is InChI=1S/C13H16ClN3O/c1-9(2)17-13(18)5-6-16-12-4-3-10(8-15)7-11(12)14/h3-4,7,9,16H,5-6H2,1-2H3,(H,17,18). The van der Waals surface area contributed by atoms with Gasteiger partial charge in [0.05, 0.1) is 22.3 Å². The van der Waals surface area contributed by atoms with E-state index in [0.29, 0.717) is 23.6 Å². The minimum Gasteiger partial charge on any atom is -0.383 e. The van der Waals surface area contributed by atoms with E-state index in [0.717, 1.165) is 5.69 Å². The highest BCUT2D eigenvalue weighted by molar-refractivity contribution is 6.33. The second kappa shape index (κ2) is 6.87. The molecule has 0 saturated carbocycles. The number of carbonyl (C=O) groups is 1. The average Bonchev–Trinajstić information content (AvgIpc) is 2.30. The van der Waals surface area contributed by atoms with Gasteiger partial charge in [-0.25, -0.2) is 0 Å². The molecule has 0 aliphatic rings. The number of benzene rings is 1. The molecule has 1 amide bonds. The van der Waals surface area contributed by atoms with Crippen molar-refractivity contribution in [1.82, 2.24) is 5.32 Å². The molecule has 0 aliphatic carbocycles. The first kappa shape index (κ1) is 14.3. The summed E-state index contributed by atoms with van der Waals surface area (Å²) in [7, 11) is 0. The number of amides is 1. The summed E-state index contributed by atoms with van der Waals surface area (Å²) in [4.78, 5) is 11.4. The van der Waals surface area contributed by atoms with Gasteiger partial charge in [-0.05, 0) is 32.0 Å². The molecule has 1 aromatic rings. The molecule has 0 fully saturated rings. The van der Waals surface area contributed by atoms with Gasteiger partial charge in [-0.3, -0.25) is 4.79 Å². The van der Waals surface area contributed by atoms with Gasteiger partial charge in [0.2, 0.25) is 5.91 Å². The van der Waals surface area contributed by atoms with Crippen LogP contribution in [-0.4, -0.2) is 18.5 Å². The van der Waals surface area contributed by atoms with E-state index in [9.17, 15) is 4.79 Å². The van der Waals surface area contributed by atoms with Crippen LogP contribution >= 0.6 is 11.6 Å². The van der Waals surface area contributed by atoms with E-state index in [1.165, 1.54) is 0 Å². The van der Waals surface area contributed by atoms with Crippen LogP contribution in [0.15, 0.2) is 18.2 Å². The maximum absolute atomic E-state index is 11.4. The molecule has 0 unspecified atom stereocenters. The molecule has 96 valence electrons. The van der Waals surface area contributed by atoms with Crippen molar-refractivity contribution in [2.45, 2.75) is 26.3 Å². The number of nitrogens with one attached hydrogen (secondary N) is 2. The number of halogens is 1. The third-order valence-electron chi connectivity index (χ3n) is 2.22. The Morgan fingerprint density at radius 1 is 1.50 bits per heavy atom. The summed E-state index contributed by atoms with van der Waals surface area (Å²) in [6.45, 7) is 4.34. The molecule has 0 heterocycles. The maximum atomic E-state index is 11.4. The summed E-state index contributed by atoms with van der Waals surface area (Å²) >= 11 is 5.99. The second-order valence-electron chi connectivity index (χ2n) is 4.21. The lowest BCUT2D eigenvalue weighted by molar-refractivity contribution is -0.121. The number of nitriles is 1. The normalized spacial score (nSPS) is 9.94. The van der Waals surface area contributed by atoms with Gasteiger partial charge in [0.25, 0.3) is 0 Å². The van der Waals surface area contributed by atoms with Crippen molar-refractivity contribution in [2.75, 3.05) is 11.9 Å². The van der Waals surface area contributed by atoms with Crippen molar-refractivity contribution in [3.8, 4) is 6.07 Å². The highest BCUT2D eigenvalue weighted by Crippen LogP contribution is 2.22. The molecule has 0 spiro atoms. The Bertz CT molecular complexity index is 466. The van der Waals surface area contributed by atoms with E-state index in [1.54, 1.807) is 18.2 Å². The zero-order chi connectivity index (χ0) is 13.5. The van der Waals surface area contributed by atoms with Crippen LogP contribution < -0.4 is 10.6 Å². The van der Waals surface area contributed by atoms with E-state index in [-0.39, 0.29) is 11.9 Å². The molecule has 0 aromatic heterocycles. The number of rotatable bonds is 5. The predicted octanol–water partition coefficient (Wildman–Crippen LogP) is 2.54. The molecule has 1 aromatic carbocycles. The molecule has 0 bridgehead atoms. The fourth-order valence-corrected chi connectivity index (χ4v) is 1.68. The molecule has 4 nitrogen and oxygen atoms in total. The highest BCUT2D eigenvalue weighted by atomic mass is 35.5. The summed E-state index contributed by atoms with van der Waals surface area (Å²) in [5.74, 6) is 0.00210. The SMILES string of the molecule is CC(C)NC(=O)CCNc1ccc(C#N)cc1Cl. The summed E-state index contributed by atoms with van der Waals surface area (Å²) in [5.41, 5.74) is 1.25. The Balaban J connectivity index is 2.45. The molecule has 0 radical (unpaired) electrons. The summed E-state index contributed by atoms with van der Waals surface area (Å²) in [5, 5.41) is 15.1. The lowest BCUT2D eigenvalue weighted by atomic mass is 10.2. The van der Waals surface area contributed by atoms with Crippen molar-refractivity contribution in [3.05, 3.63) is 28.8 Å². The summed E-state index contributed by atoms with van der Waals surface area (Å²) in [6.07, 6.45) is 0.383. The largest absolute Gasteiger partial charge is 0.383 e. The Labute approximate surface area is 112 Å². The van der Waals surface area contributed by atoms with Crippen LogP contribution in [0.4, 0.5) is 5.69 Å². The minimum atomic E-state index is 0.00210. The van der Waals surface area contributed by atoms with Gasteiger partial charge >= 0.3 is 0 Å². The van der Waals surface area contributed by atoms with E-state index in [2.05, 4.69) is 10.6 Å². The lowest BCUT2D eigenvalue weighted by Crippen LogP contribution is -2.31. The summed E-state index contributed by atoms with van der Waals surface area (Å²) in [6, 6.07) is 7.18. The summed E-state index contributed by atoms with van der Waals surface area (Å²) < 4.78 is 0. The van der Waals surface area contributed by atoms with Crippen molar-refractivity contribution < 1.29 is 4.79 Å². The molecule has 18 heavy (non-hydrogen) atoms. The monoisotopic (exact) mass is 265 g/mol. The topological polar surface area (TPSA) is 64.9 Å².